The smallest absolute Gasteiger partial charge is 0.328 e. The van der Waals surface area contributed by atoms with Crippen LogP contribution in [-0.4, -0.2) is 23.3 Å². The number of aliphatic carboxylic acids is 1. The predicted octanol–water partition coefficient (Wildman–Crippen LogP) is 2.67. The number of ether oxygens (including phenoxy) is 2. The number of rotatable bonds is 6. The summed E-state index contributed by atoms with van der Waals surface area (Å²) in [4.78, 5) is 10.6. The number of methoxy groups -OCH3 is 1. The highest BCUT2D eigenvalue weighted by molar-refractivity contribution is 5.86. The molecule has 2 rings (SSSR count). The van der Waals surface area contributed by atoms with E-state index in [2.05, 4.69) is 5.16 Å². The van der Waals surface area contributed by atoms with Crippen molar-refractivity contribution in [2.24, 2.45) is 0 Å². The van der Waals surface area contributed by atoms with Gasteiger partial charge in [0.15, 0.2) is 5.76 Å². The molecule has 0 aliphatic carbocycles. The molecule has 21 heavy (non-hydrogen) atoms. The first-order valence-corrected chi connectivity index (χ1v) is 6.22. The molecule has 0 amide bonds. The van der Waals surface area contributed by atoms with E-state index in [9.17, 15) is 4.79 Å². The number of benzene rings is 1. The summed E-state index contributed by atoms with van der Waals surface area (Å²) >= 11 is 0. The molecule has 0 aliphatic heterocycles. The minimum atomic E-state index is -1.03. The largest absolute Gasteiger partial charge is 0.497 e. The third-order valence-corrected chi connectivity index (χ3v) is 2.67. The summed E-state index contributed by atoms with van der Waals surface area (Å²) in [6, 6.07) is 6.91. The number of nitrogens with zero attached hydrogens (tertiary/aromatic N) is 1. The van der Waals surface area contributed by atoms with E-state index in [0.717, 1.165) is 11.8 Å². The summed E-state index contributed by atoms with van der Waals surface area (Å²) < 4.78 is 15.9. The molecule has 0 saturated heterocycles. The molecule has 0 fully saturated rings. The Morgan fingerprint density at radius 3 is 2.86 bits per heavy atom. The molecule has 0 aliphatic rings. The van der Waals surface area contributed by atoms with Crippen molar-refractivity contribution in [3.8, 4) is 11.5 Å². The number of carboxylic acids is 1. The summed E-state index contributed by atoms with van der Waals surface area (Å²) in [5, 5.41) is 12.5. The van der Waals surface area contributed by atoms with Crippen LogP contribution in [0.25, 0.3) is 6.08 Å². The first kappa shape index (κ1) is 14.6. The first-order valence-electron chi connectivity index (χ1n) is 6.22. The monoisotopic (exact) mass is 289 g/mol. The van der Waals surface area contributed by atoms with Gasteiger partial charge < -0.3 is 19.1 Å². The van der Waals surface area contributed by atoms with E-state index in [1.165, 1.54) is 6.08 Å². The molecule has 0 atom stereocenters. The second kappa shape index (κ2) is 6.60. The fourth-order valence-corrected chi connectivity index (χ4v) is 1.70. The Bertz CT molecular complexity index is 660. The van der Waals surface area contributed by atoms with Gasteiger partial charge in [-0.3, -0.25) is 0 Å². The summed E-state index contributed by atoms with van der Waals surface area (Å²) in [6.45, 7) is 2.02. The molecule has 1 N–H and O–H groups in total. The maximum Gasteiger partial charge on any atom is 0.328 e. The van der Waals surface area contributed by atoms with E-state index in [4.69, 9.17) is 19.1 Å². The van der Waals surface area contributed by atoms with E-state index in [1.807, 2.05) is 6.92 Å². The molecule has 0 spiro atoms. The Morgan fingerprint density at radius 2 is 2.24 bits per heavy atom. The van der Waals surface area contributed by atoms with E-state index < -0.39 is 5.97 Å². The lowest BCUT2D eigenvalue weighted by atomic mass is 10.1. The normalized spacial score (nSPS) is 10.8. The van der Waals surface area contributed by atoms with Gasteiger partial charge in [-0.1, -0.05) is 5.16 Å². The first-order chi connectivity index (χ1) is 10.1. The Morgan fingerprint density at radius 1 is 1.43 bits per heavy atom. The average Bonchev–Trinajstić information content (AvgIpc) is 2.88. The van der Waals surface area contributed by atoms with Crippen molar-refractivity contribution < 1.29 is 23.9 Å². The number of hydrogen-bond acceptors (Lipinski definition) is 5. The van der Waals surface area contributed by atoms with Gasteiger partial charge in [0, 0.05) is 23.8 Å². The molecular formula is C15H15NO5. The zero-order valence-electron chi connectivity index (χ0n) is 11.7. The van der Waals surface area contributed by atoms with Gasteiger partial charge in [-0.05, 0) is 25.1 Å². The standard InChI is InChI=1S/C15H15NO5/c1-10-7-13(21-16-10)9-20-14-8-12(19-2)5-3-11(14)4-6-15(17)18/h3-8H,9H2,1-2H3,(H,17,18). The second-order valence-electron chi connectivity index (χ2n) is 4.30. The molecule has 1 aromatic carbocycles. The Kier molecular flexibility index (Phi) is 4.61. The molecule has 110 valence electrons. The summed E-state index contributed by atoms with van der Waals surface area (Å²) in [5.74, 6) is 0.679. The topological polar surface area (TPSA) is 81.8 Å². The molecule has 0 unspecified atom stereocenters. The van der Waals surface area contributed by atoms with Gasteiger partial charge in [0.25, 0.3) is 0 Å². The van der Waals surface area contributed by atoms with Gasteiger partial charge in [-0.2, -0.15) is 0 Å². The fraction of sp³-hybridized carbons (Fsp3) is 0.200. The van der Waals surface area contributed by atoms with Crippen LogP contribution in [0.4, 0.5) is 0 Å². The van der Waals surface area contributed by atoms with Crippen molar-refractivity contribution in [3.05, 3.63) is 47.4 Å². The van der Waals surface area contributed by atoms with Crippen molar-refractivity contribution in [1.29, 1.82) is 0 Å². The van der Waals surface area contributed by atoms with E-state index in [0.29, 0.717) is 22.8 Å². The van der Waals surface area contributed by atoms with Crippen LogP contribution in [0, 0.1) is 6.92 Å². The summed E-state index contributed by atoms with van der Waals surface area (Å²) in [7, 11) is 1.55. The zero-order valence-corrected chi connectivity index (χ0v) is 11.7. The minimum Gasteiger partial charge on any atom is -0.497 e. The van der Waals surface area contributed by atoms with Crippen LogP contribution in [0.2, 0.25) is 0 Å². The van der Waals surface area contributed by atoms with E-state index in [1.54, 1.807) is 31.4 Å². The number of aromatic nitrogens is 1. The van der Waals surface area contributed by atoms with Crippen LogP contribution in [0.3, 0.4) is 0 Å². The van der Waals surface area contributed by atoms with Gasteiger partial charge >= 0.3 is 5.97 Å². The van der Waals surface area contributed by atoms with Crippen molar-refractivity contribution in [3.63, 3.8) is 0 Å². The molecule has 0 saturated carbocycles. The lowest BCUT2D eigenvalue weighted by molar-refractivity contribution is -0.131. The maximum atomic E-state index is 10.6. The van der Waals surface area contributed by atoms with Crippen LogP contribution < -0.4 is 9.47 Å². The van der Waals surface area contributed by atoms with Gasteiger partial charge in [-0.15, -0.1) is 0 Å². The summed E-state index contributed by atoms with van der Waals surface area (Å²) in [6.07, 6.45) is 2.51. The van der Waals surface area contributed by atoms with E-state index >= 15 is 0 Å². The fourth-order valence-electron chi connectivity index (χ4n) is 1.70. The maximum absolute atomic E-state index is 10.6. The lowest BCUT2D eigenvalue weighted by Crippen LogP contribution is -1.97. The Hall–Kier alpha value is -2.76. The lowest BCUT2D eigenvalue weighted by Gasteiger charge is -2.09. The van der Waals surface area contributed by atoms with Gasteiger partial charge in [-0.25, -0.2) is 4.79 Å². The highest BCUT2D eigenvalue weighted by Crippen LogP contribution is 2.27. The predicted molar refractivity (Wildman–Crippen MR) is 75.2 cm³/mol. The quantitative estimate of drug-likeness (QED) is 0.823. The van der Waals surface area contributed by atoms with Crippen LogP contribution in [0.5, 0.6) is 11.5 Å². The van der Waals surface area contributed by atoms with Crippen LogP contribution >= 0.6 is 0 Å². The number of carbonyl (C=O) groups is 1. The third-order valence-electron chi connectivity index (χ3n) is 2.67. The average molecular weight is 289 g/mol. The minimum absolute atomic E-state index is 0.196. The van der Waals surface area contributed by atoms with Gasteiger partial charge in [0.05, 0.1) is 12.8 Å². The molecule has 2 aromatic rings. The molecule has 0 bridgehead atoms. The number of hydrogen-bond donors (Lipinski definition) is 1. The van der Waals surface area contributed by atoms with Crippen molar-refractivity contribution in [2.45, 2.75) is 13.5 Å². The second-order valence-corrected chi connectivity index (χ2v) is 4.30. The molecule has 0 radical (unpaired) electrons. The van der Waals surface area contributed by atoms with E-state index in [-0.39, 0.29) is 6.61 Å². The van der Waals surface area contributed by atoms with Crippen LogP contribution in [-0.2, 0) is 11.4 Å². The molecule has 6 nitrogen and oxygen atoms in total. The molecule has 6 heteroatoms. The van der Waals surface area contributed by atoms with Crippen molar-refractivity contribution in [2.75, 3.05) is 7.11 Å². The van der Waals surface area contributed by atoms with Gasteiger partial charge in [0.2, 0.25) is 0 Å². The SMILES string of the molecule is COc1ccc(C=CC(=O)O)c(OCc2cc(C)no2)c1. The molecule has 1 heterocycles. The Labute approximate surface area is 121 Å². The molecule has 1 aromatic heterocycles. The molecular weight excluding hydrogens is 274 g/mol. The Balaban J connectivity index is 2.19. The van der Waals surface area contributed by atoms with Crippen LogP contribution in [0.1, 0.15) is 17.0 Å². The third kappa shape index (κ3) is 4.10. The number of carboxylic acid groups (broad SMARTS) is 1. The van der Waals surface area contributed by atoms with Gasteiger partial charge in [0.1, 0.15) is 18.1 Å². The number of aryl methyl sites for hydroxylation is 1. The summed E-state index contributed by atoms with van der Waals surface area (Å²) in [5.41, 5.74) is 1.40. The van der Waals surface area contributed by atoms with Crippen molar-refractivity contribution >= 4 is 12.0 Å². The zero-order chi connectivity index (χ0) is 15.2. The highest BCUT2D eigenvalue weighted by atomic mass is 16.5. The highest BCUT2D eigenvalue weighted by Gasteiger charge is 2.07. The van der Waals surface area contributed by atoms with Crippen molar-refractivity contribution in [1.82, 2.24) is 5.16 Å². The van der Waals surface area contributed by atoms with Crippen LogP contribution in [0.15, 0.2) is 34.9 Å².